The predicted molar refractivity (Wildman–Crippen MR) is 57.2 cm³/mol. The fraction of sp³-hybridized carbons (Fsp3) is 0.375. The summed E-state index contributed by atoms with van der Waals surface area (Å²) in [5.74, 6) is 6.35. The molecule has 0 bridgehead atoms. The van der Waals surface area contributed by atoms with Gasteiger partial charge in [0, 0.05) is 11.3 Å². The molecule has 6 nitrogen and oxygen atoms in total. The molecule has 0 aliphatic heterocycles. The molecule has 1 aliphatic rings. The molecule has 78 valence electrons. The number of hydrogen-bond acceptors (Lipinski definition) is 4. The number of aromatic amines is 2. The van der Waals surface area contributed by atoms with Crippen molar-refractivity contribution >= 4 is 12.2 Å². The molecule has 0 atom stereocenters. The Hall–Kier alpha value is -1.63. The molecule has 0 aromatic carbocycles. The van der Waals surface area contributed by atoms with Gasteiger partial charge >= 0.3 is 0 Å². The fourth-order valence-electron chi connectivity index (χ4n) is 1.98. The van der Waals surface area contributed by atoms with E-state index in [-0.39, 0.29) is 0 Å². The van der Waals surface area contributed by atoms with E-state index in [0.29, 0.717) is 10.6 Å². The summed E-state index contributed by atoms with van der Waals surface area (Å²) < 4.78 is 1.75. The Morgan fingerprint density at radius 1 is 1.27 bits per heavy atom. The number of nitrogen functional groups attached to an aromatic ring is 1. The molecule has 0 saturated carbocycles. The van der Waals surface area contributed by atoms with E-state index in [2.05, 4.69) is 20.4 Å². The van der Waals surface area contributed by atoms with Gasteiger partial charge in [0.2, 0.25) is 10.6 Å². The molecule has 15 heavy (non-hydrogen) atoms. The topological polar surface area (TPSA) is 88.3 Å². The lowest BCUT2D eigenvalue weighted by Crippen LogP contribution is -2.10. The summed E-state index contributed by atoms with van der Waals surface area (Å²) >= 11 is 4.96. The third-order valence-corrected chi connectivity index (χ3v) is 3.01. The maximum absolute atomic E-state index is 5.75. The normalized spacial score (nSPS) is 14.4. The van der Waals surface area contributed by atoms with Crippen molar-refractivity contribution in [2.24, 2.45) is 0 Å². The van der Waals surface area contributed by atoms with Crippen molar-refractivity contribution in [2.45, 2.75) is 19.3 Å². The average Bonchev–Trinajstić information content (AvgIpc) is 2.85. The van der Waals surface area contributed by atoms with Crippen LogP contribution in [-0.2, 0) is 12.8 Å². The Balaban J connectivity index is 2.21. The van der Waals surface area contributed by atoms with E-state index in [9.17, 15) is 0 Å². The van der Waals surface area contributed by atoms with Crippen molar-refractivity contribution < 1.29 is 0 Å². The number of nitrogens with zero attached hydrogens (tertiary/aromatic N) is 3. The Bertz CT molecular complexity index is 562. The van der Waals surface area contributed by atoms with Gasteiger partial charge in [0.25, 0.3) is 0 Å². The van der Waals surface area contributed by atoms with Crippen LogP contribution in [-0.4, -0.2) is 25.1 Å². The van der Waals surface area contributed by atoms with Crippen molar-refractivity contribution in [1.82, 2.24) is 25.1 Å². The molecule has 3 rings (SSSR count). The number of aryl methyl sites for hydroxylation is 1. The molecule has 4 N–H and O–H groups in total. The Morgan fingerprint density at radius 3 is 2.87 bits per heavy atom. The second-order valence-corrected chi connectivity index (χ2v) is 3.99. The van der Waals surface area contributed by atoms with Crippen LogP contribution in [0.15, 0.2) is 0 Å². The highest BCUT2D eigenvalue weighted by Crippen LogP contribution is 2.28. The molecule has 2 aromatic heterocycles. The zero-order valence-electron chi connectivity index (χ0n) is 7.95. The highest BCUT2D eigenvalue weighted by atomic mass is 32.1. The van der Waals surface area contributed by atoms with Crippen LogP contribution in [0.1, 0.15) is 17.7 Å². The van der Waals surface area contributed by atoms with Crippen LogP contribution in [0.25, 0.3) is 11.5 Å². The Morgan fingerprint density at radius 2 is 2.13 bits per heavy atom. The van der Waals surface area contributed by atoms with Crippen LogP contribution in [0.5, 0.6) is 0 Å². The number of hydrogen-bond donors (Lipinski definition) is 3. The van der Waals surface area contributed by atoms with E-state index in [4.69, 9.17) is 18.1 Å². The first kappa shape index (κ1) is 8.66. The highest BCUT2D eigenvalue weighted by molar-refractivity contribution is 7.71. The molecule has 2 aromatic rings. The SMILES string of the molecule is Nn1c(-c2n[nH]c3c2CCC3)n[nH]c1=S. The summed E-state index contributed by atoms with van der Waals surface area (Å²) in [6, 6.07) is 0. The van der Waals surface area contributed by atoms with Crippen LogP contribution in [0, 0.1) is 4.77 Å². The molecule has 0 radical (unpaired) electrons. The van der Waals surface area contributed by atoms with E-state index < -0.39 is 0 Å². The summed E-state index contributed by atoms with van der Waals surface area (Å²) in [4.78, 5) is 0. The van der Waals surface area contributed by atoms with E-state index in [1.54, 1.807) is 0 Å². The van der Waals surface area contributed by atoms with Crippen LogP contribution >= 0.6 is 12.2 Å². The molecule has 0 spiro atoms. The maximum atomic E-state index is 5.75. The van der Waals surface area contributed by atoms with E-state index in [1.807, 2.05) is 0 Å². The number of rotatable bonds is 1. The summed E-state index contributed by atoms with van der Waals surface area (Å²) in [6.45, 7) is 0. The largest absolute Gasteiger partial charge is 0.335 e. The first-order valence-electron chi connectivity index (χ1n) is 4.76. The highest BCUT2D eigenvalue weighted by Gasteiger charge is 2.22. The van der Waals surface area contributed by atoms with Gasteiger partial charge in [-0.1, -0.05) is 0 Å². The fourth-order valence-corrected chi connectivity index (χ4v) is 2.11. The van der Waals surface area contributed by atoms with Crippen LogP contribution in [0.2, 0.25) is 0 Å². The van der Waals surface area contributed by atoms with Gasteiger partial charge in [0.15, 0.2) is 0 Å². The third-order valence-electron chi connectivity index (χ3n) is 2.72. The van der Waals surface area contributed by atoms with Crippen molar-refractivity contribution in [3.05, 3.63) is 16.0 Å². The van der Waals surface area contributed by atoms with Gasteiger partial charge < -0.3 is 5.84 Å². The third kappa shape index (κ3) is 1.13. The molecule has 2 heterocycles. The van der Waals surface area contributed by atoms with Gasteiger partial charge in [-0.25, -0.2) is 9.77 Å². The predicted octanol–water partition coefficient (Wildman–Crippen LogP) is 0.533. The minimum absolute atomic E-state index is 0.403. The van der Waals surface area contributed by atoms with Gasteiger partial charge in [-0.3, -0.25) is 5.10 Å². The van der Waals surface area contributed by atoms with Gasteiger partial charge in [-0.2, -0.15) is 10.2 Å². The molecule has 1 aliphatic carbocycles. The second-order valence-electron chi connectivity index (χ2n) is 3.61. The lowest BCUT2D eigenvalue weighted by molar-refractivity contribution is 0.861. The molecule has 0 unspecified atom stereocenters. The van der Waals surface area contributed by atoms with E-state index in [0.717, 1.165) is 25.0 Å². The number of nitrogens with two attached hydrogens (primary N) is 1. The summed E-state index contributed by atoms with van der Waals surface area (Å²) in [6.07, 6.45) is 3.24. The number of aromatic nitrogens is 5. The van der Waals surface area contributed by atoms with Gasteiger partial charge in [0.05, 0.1) is 0 Å². The van der Waals surface area contributed by atoms with E-state index in [1.165, 1.54) is 15.9 Å². The molecular formula is C8H10N6S. The molecular weight excluding hydrogens is 212 g/mol. The number of nitrogens with one attached hydrogen (secondary N) is 2. The van der Waals surface area contributed by atoms with Crippen LogP contribution in [0.4, 0.5) is 0 Å². The van der Waals surface area contributed by atoms with E-state index >= 15 is 0 Å². The summed E-state index contributed by atoms with van der Waals surface area (Å²) in [7, 11) is 0. The van der Waals surface area contributed by atoms with Gasteiger partial charge in [0.1, 0.15) is 5.69 Å². The average molecular weight is 222 g/mol. The first-order valence-corrected chi connectivity index (χ1v) is 5.17. The van der Waals surface area contributed by atoms with Crippen molar-refractivity contribution in [1.29, 1.82) is 0 Å². The Kier molecular flexibility index (Phi) is 1.69. The zero-order chi connectivity index (χ0) is 10.4. The molecule has 0 saturated heterocycles. The smallest absolute Gasteiger partial charge is 0.214 e. The summed E-state index contributed by atoms with van der Waals surface area (Å²) in [5.41, 5.74) is 3.23. The lowest BCUT2D eigenvalue weighted by atomic mass is 10.2. The first-order chi connectivity index (χ1) is 7.27. The lowest BCUT2D eigenvalue weighted by Gasteiger charge is -1.97. The standard InChI is InChI=1S/C8H10N6S/c9-14-7(12-13-8(14)15)6-4-2-1-3-5(4)10-11-6/h1-3,9H2,(H,10,11)(H,13,15). The summed E-state index contributed by atoms with van der Waals surface area (Å²) in [5, 5.41) is 14.0. The molecule has 0 fully saturated rings. The van der Waals surface area contributed by atoms with Gasteiger partial charge in [-0.05, 0) is 31.5 Å². The van der Waals surface area contributed by atoms with Crippen molar-refractivity contribution in [3.8, 4) is 11.5 Å². The van der Waals surface area contributed by atoms with Crippen molar-refractivity contribution in [2.75, 3.05) is 5.84 Å². The minimum Gasteiger partial charge on any atom is -0.335 e. The number of fused-ring (bicyclic) bond motifs is 1. The zero-order valence-corrected chi connectivity index (χ0v) is 8.77. The maximum Gasteiger partial charge on any atom is 0.214 e. The second kappa shape index (κ2) is 2.93. The minimum atomic E-state index is 0.403. The monoisotopic (exact) mass is 222 g/mol. The quantitative estimate of drug-likeness (QED) is 0.485. The van der Waals surface area contributed by atoms with Crippen LogP contribution in [0.3, 0.4) is 0 Å². The van der Waals surface area contributed by atoms with Gasteiger partial charge in [-0.15, -0.1) is 0 Å². The van der Waals surface area contributed by atoms with Crippen molar-refractivity contribution in [3.63, 3.8) is 0 Å². The van der Waals surface area contributed by atoms with Crippen LogP contribution < -0.4 is 5.84 Å². The molecule has 7 heteroatoms. The number of H-pyrrole nitrogens is 2. The Labute approximate surface area is 90.5 Å². The molecule has 0 amide bonds.